The lowest BCUT2D eigenvalue weighted by molar-refractivity contribution is -0.119. The average molecular weight is 2060 g/mol. The zero-order valence-electron chi connectivity index (χ0n) is 72.9. The van der Waals surface area contributed by atoms with Crippen LogP contribution in [0.1, 0.15) is 150 Å². The number of thiol groups is 1. The number of thiocarbonyl (C=S) groups is 2. The Morgan fingerprint density at radius 3 is 1.50 bits per heavy atom. The minimum absolute atomic E-state index is 0. The molecule has 0 aliphatic carbocycles. The highest BCUT2D eigenvalue weighted by Gasteiger charge is 2.55. The van der Waals surface area contributed by atoms with Gasteiger partial charge >= 0.3 is 31.8 Å². The van der Waals surface area contributed by atoms with E-state index in [9.17, 15) is 58.2 Å². The zero-order chi connectivity index (χ0) is 97.5. The molecule has 0 saturated carbocycles. The van der Waals surface area contributed by atoms with Gasteiger partial charge in [-0.2, -0.15) is 25.8 Å². The van der Waals surface area contributed by atoms with Gasteiger partial charge in [-0.1, -0.05) is 105 Å². The third kappa shape index (κ3) is 28.6. The van der Waals surface area contributed by atoms with Crippen molar-refractivity contribution in [2.45, 2.75) is 188 Å². The van der Waals surface area contributed by atoms with Gasteiger partial charge in [0.2, 0.25) is 23.7 Å². The highest BCUT2D eigenvalue weighted by molar-refractivity contribution is 8.11. The Kier molecular flexibility index (Phi) is 41.3. The number of nitrogens with one attached hydrogen (secondary N) is 7. The number of ether oxygens (including phenoxy) is 4. The van der Waals surface area contributed by atoms with Crippen LogP contribution in [0.5, 0.6) is 0 Å². The van der Waals surface area contributed by atoms with Gasteiger partial charge in [0.25, 0.3) is 22.9 Å². The third-order valence-corrected chi connectivity index (χ3v) is 24.5. The van der Waals surface area contributed by atoms with E-state index < -0.39 is 166 Å². The Morgan fingerprint density at radius 1 is 0.642 bits per heavy atom. The Balaban J connectivity index is 0.000000324. The molecule has 2 aromatic carbocycles. The number of nitriles is 3. The Bertz CT molecular complexity index is 6270. The van der Waals surface area contributed by atoms with E-state index >= 15 is 8.78 Å². The molecule has 137 heavy (non-hydrogen) atoms. The molecule has 4 saturated heterocycles. The summed E-state index contributed by atoms with van der Waals surface area (Å²) in [7, 11) is -5.29. The second-order valence-electron chi connectivity index (χ2n) is 29.9. The number of carbonyl (C=O) groups excluding carboxylic acids is 4. The number of nitrogens with zero attached hydrogens (tertiary/aromatic N) is 19. The van der Waals surface area contributed by atoms with Crippen LogP contribution < -0.4 is 37.7 Å². The quantitative estimate of drug-likeness (QED) is 0.00440. The second kappa shape index (κ2) is 51.6. The summed E-state index contributed by atoms with van der Waals surface area (Å²) in [6.45, 7) is 6.50. The van der Waals surface area contributed by atoms with Gasteiger partial charge in [0.1, 0.15) is 41.6 Å². The second-order valence-corrected chi connectivity index (χ2v) is 36.9. The molecule has 9 N–H and O–H groups in total. The average Bonchev–Trinajstić information content (AvgIpc) is 1.62. The molecule has 12 heterocycles. The van der Waals surface area contributed by atoms with Crippen LogP contribution in [0.4, 0.5) is 32.3 Å². The molecule has 8 aromatic heterocycles. The van der Waals surface area contributed by atoms with E-state index in [-0.39, 0.29) is 114 Å². The molecule has 4 unspecified atom stereocenters. The number of benzene rings is 2. The normalized spacial score (nSPS) is 21.8. The Labute approximate surface area is 807 Å². The first-order valence-electron chi connectivity index (χ1n) is 41.0. The zero-order valence-corrected chi connectivity index (χ0v) is 79.8. The number of alkyl halides is 2. The number of anilines is 4. The Morgan fingerprint density at radius 2 is 1.07 bits per heavy atom. The molecule has 18 atom stereocenters. The molecule has 4 aliphatic rings. The molecule has 10 aromatic rings. The van der Waals surface area contributed by atoms with Gasteiger partial charge in [0.05, 0.1) is 114 Å². The van der Waals surface area contributed by atoms with Crippen molar-refractivity contribution in [1.82, 2.24) is 88.3 Å². The first-order valence-corrected chi connectivity index (χ1v) is 48.1. The highest BCUT2D eigenvalue weighted by atomic mass is 32.5. The number of aromatic nitrogens is 16. The number of carbonyl (C=O) groups is 4. The van der Waals surface area contributed by atoms with Crippen molar-refractivity contribution in [3.63, 3.8) is 0 Å². The molecule has 4 aliphatic heterocycles. The minimum atomic E-state index is -3.84. The predicted octanol–water partition coefficient (Wildman–Crippen LogP) is 11.6. The number of rotatable bonds is 35. The standard InChI is InChI=1S/C35H38FN11O11P2S.C35H38FN11O11P2.C5H9N3S3.C2H3N.2CH4.2H2/c1-4-20-21(13-23(55-20)46-16-40-25-28(38-15-39-29(25)46)42-32(49)19-9-6-5-7-10-19)58-60(61,53-12-8-11-37)54-14-22-24(36)27(57-59(51)52)34(56-22)47-17-41-26-30(47)43-35(45-33(26)50)44-31(48)18(2)3;1-4-20-21(13-23(55-20)46-16-40-25-28(38-15-39-29(25)46)42-32(49)19-9-6-5-7-10-19)57-60(53-12-8-11-37)54-14-22-24(36)27(58-59(51)52)34(56-22)47-17-41-26-30(47)43-35(45-33(26)50)44-31(48)18(2)3;1-8(2)3-6-4(9)7-5(10)11;1-2-3;;;;/h5-7,9-10,15-18,20-24,27,34H,4,8,12-14H2,1-3H3,(H3-,38,39,42,43,44,45,48,49,50,51,52);5-7,9-10,15-18,20-24,27,34H,4,8,12-14H2,1-3H3,(H3-,38,39,42,43,44,45,48,49,50,51,52);3H,1-2H3,(H2,7,9,10,11);1H3;2*1H4;2*1H/p+2/t2*20-,21+,22-,23-,24-,27-,34-,60?;;;;;;/m11....../s1. The fourth-order valence-corrected chi connectivity index (χ4v) is 18.0. The fourth-order valence-electron chi connectivity index (χ4n) is 13.4. The maximum Gasteiger partial charge on any atom is 0.695 e. The van der Waals surface area contributed by atoms with Crippen molar-refractivity contribution in [3.05, 3.63) is 130 Å². The largest absolute Gasteiger partial charge is 0.695 e. The van der Waals surface area contributed by atoms with Crippen molar-refractivity contribution in [1.29, 1.82) is 15.8 Å². The van der Waals surface area contributed by atoms with Crippen LogP contribution in [0, 0.1) is 45.8 Å². The molecule has 48 nitrogen and oxygen atoms in total. The summed E-state index contributed by atoms with van der Waals surface area (Å²) in [6, 6.07) is 22.9. The lowest BCUT2D eigenvalue weighted by Crippen LogP contribution is -2.31. The summed E-state index contributed by atoms with van der Waals surface area (Å²) < 4.78 is 133. The van der Waals surface area contributed by atoms with Crippen LogP contribution in [-0.2, 0) is 85.7 Å². The number of hydrogen-bond donors (Lipinski definition) is 10. The van der Waals surface area contributed by atoms with E-state index in [1.54, 1.807) is 115 Å². The van der Waals surface area contributed by atoms with E-state index in [0.29, 0.717) is 55.7 Å². The lowest BCUT2D eigenvalue weighted by Gasteiger charge is -2.27. The topological polar surface area (TPSA) is 615 Å². The number of amides is 4. The van der Waals surface area contributed by atoms with Crippen molar-refractivity contribution < 1.29 is 105 Å². The number of hydrogen-bond acceptors (Lipinski definition) is 36. The number of fused-ring (bicyclic) bond motifs is 4. The summed E-state index contributed by atoms with van der Waals surface area (Å²) in [6.07, 6.45) is -6.62. The highest BCUT2D eigenvalue weighted by Crippen LogP contribution is 2.56. The molecule has 4 amide bonds. The molecule has 14 rings (SSSR count). The van der Waals surface area contributed by atoms with Gasteiger partial charge in [-0.05, 0) is 61.1 Å². The van der Waals surface area contributed by atoms with Crippen LogP contribution in [-0.4, -0.2) is 234 Å². The minimum Gasteiger partial charge on any atom is -0.369 e. The molecule has 58 heteroatoms. The van der Waals surface area contributed by atoms with E-state index in [1.165, 1.54) is 32.2 Å². The van der Waals surface area contributed by atoms with Crippen LogP contribution in [0.3, 0.4) is 0 Å². The van der Waals surface area contributed by atoms with E-state index in [0.717, 1.165) is 21.8 Å². The number of halogens is 2. The van der Waals surface area contributed by atoms with Crippen LogP contribution >= 0.6 is 68.9 Å². The summed E-state index contributed by atoms with van der Waals surface area (Å²) in [4.78, 5) is 149. The fraction of sp³-hybridized carbons (Fsp3) is 0.468. The Hall–Kier alpha value is -11.0. The van der Waals surface area contributed by atoms with Crippen molar-refractivity contribution in [3.8, 4) is 18.2 Å². The maximum atomic E-state index is 16.2. The molecule has 0 spiro atoms. The molecule has 0 radical (unpaired) electrons. The maximum absolute atomic E-state index is 16.2. The predicted molar refractivity (Wildman–Crippen MR) is 511 cm³/mol. The van der Waals surface area contributed by atoms with Gasteiger partial charge in [-0.15, -0.1) is 31.5 Å². The summed E-state index contributed by atoms with van der Waals surface area (Å²) >= 11 is 19.0. The molecular weight excluding hydrogens is 1960 g/mol. The van der Waals surface area contributed by atoms with E-state index in [1.807, 2.05) is 40.1 Å². The number of aromatic amines is 2. The molecular formula is C79H102F2N26O22P4S4+2. The van der Waals surface area contributed by atoms with Crippen molar-refractivity contribution in [2.24, 2.45) is 16.8 Å². The van der Waals surface area contributed by atoms with Gasteiger partial charge in [0.15, 0.2) is 98.4 Å². The monoisotopic (exact) mass is 2060 g/mol. The third-order valence-electron chi connectivity index (χ3n) is 19.7. The van der Waals surface area contributed by atoms with Gasteiger partial charge in [0, 0.05) is 68.8 Å². The summed E-state index contributed by atoms with van der Waals surface area (Å²) in [5.74, 6) is -2.58. The SMILES string of the molecule is C.C.CC#N.CC[C@H]1O[C@@H](n2cnc3c(NC(=O)c4ccccc4)ncnc32)C[C@@H]1OP(=S)(OCCC#N)OC[C@H]1O[C@@H](n2cnc3c(=O)[nH]c(NC(=O)C(C)C)nc32)[C@H](O[P+](=O)O)[C@@H]1F.CC[C@H]1O[C@@H](n2cnc3c(NC(=O)c4ccccc4)ncnc32)C[C@@H]1OP(OCCC#N)OC[C@H]1O[C@@H](n2cnc3c(=O)[nH]c(NC(=O)C(C)C)nc32)[C@H](O[P+](=O)O)[C@@H]1F.CN(C)C=NC(=S)NC(=S)S.[HH].[HH]. The number of H-pyrrole nitrogens is 2. The van der Waals surface area contributed by atoms with E-state index in [4.69, 9.17) is 84.4 Å². The van der Waals surface area contributed by atoms with Crippen LogP contribution in [0.2, 0.25) is 0 Å². The van der Waals surface area contributed by atoms with Gasteiger partial charge < -0.3 is 66.9 Å². The van der Waals surface area contributed by atoms with E-state index in [2.05, 4.69) is 116 Å². The van der Waals surface area contributed by atoms with Crippen LogP contribution in [0.15, 0.2) is 113 Å². The van der Waals surface area contributed by atoms with Crippen LogP contribution in [0.25, 0.3) is 44.7 Å². The van der Waals surface area contributed by atoms with Gasteiger partial charge in [-0.3, -0.25) is 67.6 Å². The first kappa shape index (κ1) is 110. The van der Waals surface area contributed by atoms with Crippen molar-refractivity contribution in [2.75, 3.05) is 61.8 Å². The smallest absolute Gasteiger partial charge is 0.369 e. The molecule has 0 bridgehead atoms. The first-order chi connectivity index (χ1) is 64.7. The number of aliphatic imine (C=N–C) groups is 1. The van der Waals surface area contributed by atoms with Crippen molar-refractivity contribution >= 4 is 188 Å². The summed E-state index contributed by atoms with van der Waals surface area (Å²) in [5, 5.41) is 39.2. The molecule has 736 valence electrons. The van der Waals surface area contributed by atoms with Gasteiger partial charge in [-0.25, -0.2) is 53.6 Å². The number of imidazole rings is 4. The molecule has 4 fully saturated rings. The summed E-state index contributed by atoms with van der Waals surface area (Å²) in [5.41, 5.74) is 0.165. The lowest BCUT2D eigenvalue weighted by atomic mass is 10.1.